The molecule has 35 heavy (non-hydrogen) atoms. The summed E-state index contributed by atoms with van der Waals surface area (Å²) < 4.78 is 15.0. The number of methoxy groups -OCH3 is 1. The number of carbonyl (C=O) groups is 1. The Balaban J connectivity index is 1.54. The molecule has 0 aliphatic carbocycles. The van der Waals surface area contributed by atoms with Crippen molar-refractivity contribution in [2.75, 3.05) is 7.11 Å². The van der Waals surface area contributed by atoms with Crippen molar-refractivity contribution in [1.29, 1.82) is 0 Å². The number of alkyl carbamates (subject to hydrolysis) is 1. The highest BCUT2D eigenvalue weighted by atomic mass is 32.1. The summed E-state index contributed by atoms with van der Waals surface area (Å²) in [5.74, 6) is 7.29. The van der Waals surface area contributed by atoms with Gasteiger partial charge in [0.05, 0.1) is 13.2 Å². The molecule has 0 saturated carbocycles. The molecule has 0 spiro atoms. The van der Waals surface area contributed by atoms with Crippen LogP contribution in [0.1, 0.15) is 32.2 Å². The Morgan fingerprint density at radius 2 is 1.91 bits per heavy atom. The summed E-state index contributed by atoms with van der Waals surface area (Å²) in [5.41, 5.74) is 1.36. The van der Waals surface area contributed by atoms with E-state index >= 15 is 0 Å². The summed E-state index contributed by atoms with van der Waals surface area (Å²) in [6, 6.07) is 15.2. The van der Waals surface area contributed by atoms with E-state index in [1.54, 1.807) is 13.3 Å². The lowest BCUT2D eigenvalue weighted by Crippen LogP contribution is -2.39. The van der Waals surface area contributed by atoms with Crippen molar-refractivity contribution >= 4 is 28.4 Å². The molecule has 4 aromatic rings. The minimum absolute atomic E-state index is 0.408. The van der Waals surface area contributed by atoms with E-state index in [0.717, 1.165) is 32.7 Å². The van der Waals surface area contributed by atoms with Gasteiger partial charge in [0.25, 0.3) is 0 Å². The van der Waals surface area contributed by atoms with Crippen LogP contribution in [0.25, 0.3) is 21.3 Å². The first-order valence-corrected chi connectivity index (χ1v) is 11.9. The van der Waals surface area contributed by atoms with Crippen molar-refractivity contribution in [1.82, 2.24) is 19.7 Å². The van der Waals surface area contributed by atoms with Gasteiger partial charge >= 0.3 is 6.09 Å². The maximum Gasteiger partial charge on any atom is 0.408 e. The van der Waals surface area contributed by atoms with Gasteiger partial charge in [-0.3, -0.25) is 4.98 Å². The number of aromatic nitrogens is 3. The predicted octanol–water partition coefficient (Wildman–Crippen LogP) is 5.25. The summed E-state index contributed by atoms with van der Waals surface area (Å²) in [4.78, 5) is 21.1. The van der Waals surface area contributed by atoms with Gasteiger partial charge in [-0.05, 0) is 73.4 Å². The van der Waals surface area contributed by atoms with Gasteiger partial charge in [-0.2, -0.15) is 4.37 Å². The van der Waals surface area contributed by atoms with Crippen molar-refractivity contribution in [3.63, 3.8) is 0 Å². The van der Waals surface area contributed by atoms with Gasteiger partial charge in [0, 0.05) is 29.8 Å². The van der Waals surface area contributed by atoms with Crippen LogP contribution in [-0.2, 0) is 11.2 Å². The molecule has 178 valence electrons. The van der Waals surface area contributed by atoms with Gasteiger partial charge in [0.15, 0.2) is 0 Å². The average molecular weight is 487 g/mol. The molecule has 0 bridgehead atoms. The molecule has 8 heteroatoms. The number of hydrogen-bond donors (Lipinski definition) is 1. The highest BCUT2D eigenvalue weighted by molar-refractivity contribution is 7.09. The monoisotopic (exact) mass is 486 g/mol. The Morgan fingerprint density at radius 1 is 1.11 bits per heavy atom. The Bertz CT molecular complexity index is 1380. The number of rotatable bonds is 5. The van der Waals surface area contributed by atoms with Crippen LogP contribution >= 0.6 is 11.5 Å². The fraction of sp³-hybridized carbons (Fsp3) is 0.259. The fourth-order valence-corrected chi connectivity index (χ4v) is 3.96. The van der Waals surface area contributed by atoms with E-state index in [9.17, 15) is 4.79 Å². The number of ether oxygens (including phenoxy) is 2. The molecular weight excluding hydrogens is 460 g/mol. The van der Waals surface area contributed by atoms with Crippen molar-refractivity contribution in [2.24, 2.45) is 0 Å². The van der Waals surface area contributed by atoms with E-state index in [2.05, 4.69) is 37.6 Å². The molecule has 1 N–H and O–H groups in total. The molecule has 1 atom stereocenters. The quantitative estimate of drug-likeness (QED) is 0.388. The van der Waals surface area contributed by atoms with Crippen LogP contribution < -0.4 is 10.1 Å². The van der Waals surface area contributed by atoms with Crippen LogP contribution in [0.15, 0.2) is 60.9 Å². The smallest absolute Gasteiger partial charge is 0.408 e. The van der Waals surface area contributed by atoms with Gasteiger partial charge in [-0.1, -0.05) is 30.2 Å². The summed E-state index contributed by atoms with van der Waals surface area (Å²) in [5, 5.41) is 5.78. The van der Waals surface area contributed by atoms with Gasteiger partial charge < -0.3 is 14.8 Å². The maximum atomic E-state index is 12.4. The zero-order valence-electron chi connectivity index (χ0n) is 20.0. The highest BCUT2D eigenvalue weighted by Crippen LogP contribution is 2.25. The number of hydrogen-bond acceptors (Lipinski definition) is 7. The molecule has 0 saturated heterocycles. The highest BCUT2D eigenvalue weighted by Gasteiger charge is 2.19. The SMILES string of the molecule is COc1ccc(C[C@@H](C#Cc2nsc(-c3ccc4cnccc4c3)n2)NC(=O)OC(C)(C)C)cc1. The van der Waals surface area contributed by atoms with Gasteiger partial charge in [0.1, 0.15) is 16.4 Å². The largest absolute Gasteiger partial charge is 0.497 e. The van der Waals surface area contributed by atoms with E-state index in [4.69, 9.17) is 9.47 Å². The van der Waals surface area contributed by atoms with Crippen LogP contribution in [0.2, 0.25) is 0 Å². The van der Waals surface area contributed by atoms with Crippen molar-refractivity contribution in [3.05, 3.63) is 72.3 Å². The fourth-order valence-electron chi connectivity index (χ4n) is 3.34. The third kappa shape index (κ3) is 6.78. The van der Waals surface area contributed by atoms with Crippen LogP contribution in [0.4, 0.5) is 4.79 Å². The zero-order valence-corrected chi connectivity index (χ0v) is 20.8. The first-order chi connectivity index (χ1) is 16.8. The van der Waals surface area contributed by atoms with E-state index in [1.807, 2.05) is 69.4 Å². The lowest BCUT2D eigenvalue weighted by atomic mass is 10.1. The number of amides is 1. The maximum absolute atomic E-state index is 12.4. The number of pyridine rings is 1. The molecule has 0 fully saturated rings. The molecular formula is C27H26N4O3S. The molecule has 2 aromatic carbocycles. The van der Waals surface area contributed by atoms with E-state index in [1.165, 1.54) is 11.5 Å². The molecule has 0 aliphatic rings. The molecule has 0 aliphatic heterocycles. The topological polar surface area (TPSA) is 86.2 Å². The number of nitrogens with one attached hydrogen (secondary N) is 1. The van der Waals surface area contributed by atoms with Crippen LogP contribution in [0, 0.1) is 11.8 Å². The van der Waals surface area contributed by atoms with E-state index in [-0.39, 0.29) is 0 Å². The molecule has 0 radical (unpaired) electrons. The van der Waals surface area contributed by atoms with E-state index < -0.39 is 17.7 Å². The molecule has 1 amide bonds. The first-order valence-electron chi connectivity index (χ1n) is 11.1. The van der Waals surface area contributed by atoms with Crippen LogP contribution in [0.5, 0.6) is 5.75 Å². The summed E-state index contributed by atoms with van der Waals surface area (Å²) >= 11 is 1.29. The Labute approximate surface area is 208 Å². The lowest BCUT2D eigenvalue weighted by Gasteiger charge is -2.21. The predicted molar refractivity (Wildman–Crippen MR) is 137 cm³/mol. The zero-order chi connectivity index (χ0) is 24.8. The average Bonchev–Trinajstić information content (AvgIpc) is 3.30. The van der Waals surface area contributed by atoms with Crippen molar-refractivity contribution in [3.8, 4) is 28.2 Å². The second kappa shape index (κ2) is 10.5. The Morgan fingerprint density at radius 3 is 2.66 bits per heavy atom. The number of nitrogens with zero attached hydrogens (tertiary/aromatic N) is 3. The van der Waals surface area contributed by atoms with Gasteiger partial charge in [-0.15, -0.1) is 0 Å². The van der Waals surface area contributed by atoms with E-state index in [0.29, 0.717) is 12.2 Å². The molecule has 2 heterocycles. The second-order valence-electron chi connectivity index (χ2n) is 8.88. The standard InChI is InChI=1S/C27H26N4O3S/c1-27(2,3)34-26(32)29-22(15-18-5-10-23(33-4)11-6-18)9-12-24-30-25(35-31-24)20-7-8-21-17-28-14-13-19(21)16-20/h5-8,10-11,13-14,16-17,22H,15H2,1-4H3,(H,29,32)/t22-/m1/s1. The summed E-state index contributed by atoms with van der Waals surface area (Å²) in [6.45, 7) is 5.46. The normalized spacial score (nSPS) is 11.9. The summed E-state index contributed by atoms with van der Waals surface area (Å²) in [7, 11) is 1.62. The first kappa shape index (κ1) is 24.2. The molecule has 0 unspecified atom stereocenters. The number of carbonyl (C=O) groups excluding carboxylic acids is 1. The van der Waals surface area contributed by atoms with Crippen molar-refractivity contribution < 1.29 is 14.3 Å². The lowest BCUT2D eigenvalue weighted by molar-refractivity contribution is 0.0516. The third-order valence-electron chi connectivity index (χ3n) is 4.96. The second-order valence-corrected chi connectivity index (χ2v) is 9.63. The third-order valence-corrected chi connectivity index (χ3v) is 5.73. The Kier molecular flexibility index (Phi) is 7.28. The number of benzene rings is 2. The summed E-state index contributed by atoms with van der Waals surface area (Å²) in [6.07, 6.45) is 3.56. The van der Waals surface area contributed by atoms with Crippen molar-refractivity contribution in [2.45, 2.75) is 38.8 Å². The van der Waals surface area contributed by atoms with Gasteiger partial charge in [0.2, 0.25) is 5.82 Å². The molecule has 2 aromatic heterocycles. The number of fused-ring (bicyclic) bond motifs is 1. The van der Waals surface area contributed by atoms with Crippen LogP contribution in [-0.4, -0.2) is 39.2 Å². The minimum atomic E-state index is -0.608. The minimum Gasteiger partial charge on any atom is -0.497 e. The van der Waals surface area contributed by atoms with Crippen LogP contribution in [0.3, 0.4) is 0 Å². The molecule has 4 rings (SSSR count). The molecule has 7 nitrogen and oxygen atoms in total. The van der Waals surface area contributed by atoms with Gasteiger partial charge in [-0.25, -0.2) is 9.78 Å². The Hall–Kier alpha value is -3.96.